The summed E-state index contributed by atoms with van der Waals surface area (Å²) in [6.07, 6.45) is -0.00437. The number of carbonyl (C=O) groups excluding carboxylic acids is 1. The average molecular weight is 332 g/mol. The molecule has 8 heteroatoms. The minimum Gasteiger partial charge on any atom is -0.349 e. The van der Waals surface area contributed by atoms with Crippen LogP contribution in [0.15, 0.2) is 16.8 Å². The van der Waals surface area contributed by atoms with Gasteiger partial charge in [-0.25, -0.2) is 9.02 Å². The Kier molecular flexibility index (Phi) is 4.80. The van der Waals surface area contributed by atoms with Gasteiger partial charge in [-0.3, -0.25) is 4.79 Å². The van der Waals surface area contributed by atoms with Crippen molar-refractivity contribution in [3.63, 3.8) is 0 Å². The summed E-state index contributed by atoms with van der Waals surface area (Å²) in [5, 5.41) is 10.1. The standard InChI is InChI=1S/C13H12Cl2FN3O2/c1-6(9-3-8(14)4-10(15)13(9)16)17-12(20)5-11-7(2)18-21-19-11/h3-4,6H,5H2,1-2H3,(H,17,20)/t6-/m0/s1. The first-order chi connectivity index (χ1) is 9.88. The summed E-state index contributed by atoms with van der Waals surface area (Å²) in [5.74, 6) is -0.940. The maximum Gasteiger partial charge on any atom is 0.226 e. The van der Waals surface area contributed by atoms with Gasteiger partial charge in [-0.2, -0.15) is 0 Å². The molecule has 0 fully saturated rings. The van der Waals surface area contributed by atoms with E-state index in [9.17, 15) is 9.18 Å². The molecule has 21 heavy (non-hydrogen) atoms. The minimum absolute atomic E-state index is 0.00437. The van der Waals surface area contributed by atoms with Crippen LogP contribution in [0.5, 0.6) is 0 Å². The average Bonchev–Trinajstić information content (AvgIpc) is 2.79. The highest BCUT2D eigenvalue weighted by atomic mass is 35.5. The summed E-state index contributed by atoms with van der Waals surface area (Å²) >= 11 is 11.6. The van der Waals surface area contributed by atoms with Crippen molar-refractivity contribution in [1.82, 2.24) is 15.6 Å². The largest absolute Gasteiger partial charge is 0.349 e. The van der Waals surface area contributed by atoms with E-state index in [1.807, 2.05) is 0 Å². The number of hydrogen-bond donors (Lipinski definition) is 1. The van der Waals surface area contributed by atoms with Crippen LogP contribution in [0.1, 0.15) is 29.9 Å². The van der Waals surface area contributed by atoms with Gasteiger partial charge in [0.2, 0.25) is 5.91 Å². The Labute approximate surface area is 130 Å². The van der Waals surface area contributed by atoms with Crippen LogP contribution in [0.25, 0.3) is 0 Å². The van der Waals surface area contributed by atoms with Crippen molar-refractivity contribution in [3.05, 3.63) is 44.9 Å². The number of benzene rings is 1. The molecule has 0 aliphatic carbocycles. The lowest BCUT2D eigenvalue weighted by Crippen LogP contribution is -2.29. The van der Waals surface area contributed by atoms with Gasteiger partial charge in [0.15, 0.2) is 0 Å². The second kappa shape index (κ2) is 6.41. The zero-order valence-electron chi connectivity index (χ0n) is 11.3. The number of nitrogens with one attached hydrogen (secondary N) is 1. The maximum absolute atomic E-state index is 13.9. The van der Waals surface area contributed by atoms with E-state index >= 15 is 0 Å². The van der Waals surface area contributed by atoms with Gasteiger partial charge < -0.3 is 5.32 Å². The Morgan fingerprint density at radius 2 is 2.14 bits per heavy atom. The Bertz CT molecular complexity index is 675. The molecule has 0 saturated carbocycles. The van der Waals surface area contributed by atoms with Crippen molar-refractivity contribution < 1.29 is 13.8 Å². The summed E-state index contributed by atoms with van der Waals surface area (Å²) in [4.78, 5) is 11.9. The van der Waals surface area contributed by atoms with E-state index in [-0.39, 0.29) is 22.9 Å². The third-order valence-corrected chi connectivity index (χ3v) is 3.43. The Hall–Kier alpha value is -1.66. The molecule has 0 aliphatic heterocycles. The number of rotatable bonds is 4. The van der Waals surface area contributed by atoms with E-state index in [2.05, 4.69) is 20.3 Å². The third-order valence-electron chi connectivity index (χ3n) is 2.94. The lowest BCUT2D eigenvalue weighted by Gasteiger charge is -2.15. The summed E-state index contributed by atoms with van der Waals surface area (Å²) < 4.78 is 18.5. The maximum atomic E-state index is 13.9. The van der Waals surface area contributed by atoms with Gasteiger partial charge in [0.05, 0.1) is 17.5 Å². The van der Waals surface area contributed by atoms with Gasteiger partial charge in [0.1, 0.15) is 17.2 Å². The summed E-state index contributed by atoms with van der Waals surface area (Å²) in [6, 6.07) is 2.14. The molecule has 1 heterocycles. The van der Waals surface area contributed by atoms with Crippen LogP contribution >= 0.6 is 23.2 Å². The number of halogens is 3. The van der Waals surface area contributed by atoms with Gasteiger partial charge >= 0.3 is 0 Å². The Morgan fingerprint density at radius 3 is 2.76 bits per heavy atom. The van der Waals surface area contributed by atoms with E-state index in [4.69, 9.17) is 23.2 Å². The lowest BCUT2D eigenvalue weighted by atomic mass is 10.1. The number of carbonyl (C=O) groups is 1. The Balaban J connectivity index is 2.09. The molecule has 1 atom stereocenters. The van der Waals surface area contributed by atoms with Crippen LogP contribution in [-0.2, 0) is 11.2 Å². The highest BCUT2D eigenvalue weighted by Gasteiger charge is 2.18. The predicted octanol–water partition coefficient (Wildman–Crippen LogP) is 3.24. The molecule has 1 amide bonds. The molecular formula is C13H12Cl2FN3O2. The summed E-state index contributed by atoms with van der Waals surface area (Å²) in [6.45, 7) is 3.32. The van der Waals surface area contributed by atoms with Gasteiger partial charge in [0.25, 0.3) is 0 Å². The zero-order valence-corrected chi connectivity index (χ0v) is 12.8. The van der Waals surface area contributed by atoms with Gasteiger partial charge in [-0.05, 0) is 26.0 Å². The first-order valence-electron chi connectivity index (χ1n) is 6.10. The van der Waals surface area contributed by atoms with Gasteiger partial charge in [0, 0.05) is 10.6 Å². The van der Waals surface area contributed by atoms with Crippen molar-refractivity contribution in [2.75, 3.05) is 0 Å². The van der Waals surface area contributed by atoms with Crippen LogP contribution in [0.4, 0.5) is 4.39 Å². The molecule has 0 radical (unpaired) electrons. The molecule has 0 unspecified atom stereocenters. The molecule has 2 rings (SSSR count). The summed E-state index contributed by atoms with van der Waals surface area (Å²) in [7, 11) is 0. The molecule has 2 aromatic rings. The van der Waals surface area contributed by atoms with E-state index in [1.165, 1.54) is 12.1 Å². The van der Waals surface area contributed by atoms with Crippen LogP contribution in [-0.4, -0.2) is 16.2 Å². The first-order valence-corrected chi connectivity index (χ1v) is 6.86. The molecular weight excluding hydrogens is 320 g/mol. The highest BCUT2D eigenvalue weighted by Crippen LogP contribution is 2.27. The molecule has 1 aromatic carbocycles. The van der Waals surface area contributed by atoms with Crippen molar-refractivity contribution in [2.24, 2.45) is 0 Å². The molecule has 0 spiro atoms. The van der Waals surface area contributed by atoms with Crippen LogP contribution < -0.4 is 5.32 Å². The second-order valence-corrected chi connectivity index (χ2v) is 5.40. The van der Waals surface area contributed by atoms with Gasteiger partial charge in [-0.15, -0.1) is 0 Å². The quantitative estimate of drug-likeness (QED) is 0.873. The molecule has 0 aliphatic rings. The molecule has 1 N–H and O–H groups in total. The topological polar surface area (TPSA) is 68.0 Å². The van der Waals surface area contributed by atoms with Crippen LogP contribution in [0.2, 0.25) is 10.0 Å². The molecule has 1 aromatic heterocycles. The third kappa shape index (κ3) is 3.71. The second-order valence-electron chi connectivity index (χ2n) is 4.55. The molecule has 0 bridgehead atoms. The number of aryl methyl sites for hydroxylation is 1. The SMILES string of the molecule is Cc1nonc1CC(=O)N[C@@H](C)c1cc(Cl)cc(Cl)c1F. The predicted molar refractivity (Wildman–Crippen MR) is 75.7 cm³/mol. The molecule has 5 nitrogen and oxygen atoms in total. The van der Waals surface area contributed by atoms with Crippen LogP contribution in [0, 0.1) is 12.7 Å². The van der Waals surface area contributed by atoms with E-state index in [1.54, 1.807) is 13.8 Å². The van der Waals surface area contributed by atoms with Crippen molar-refractivity contribution in [2.45, 2.75) is 26.3 Å². The fourth-order valence-electron chi connectivity index (χ4n) is 1.82. The highest BCUT2D eigenvalue weighted by molar-refractivity contribution is 6.34. The van der Waals surface area contributed by atoms with Crippen molar-refractivity contribution >= 4 is 29.1 Å². The first kappa shape index (κ1) is 15.7. The van der Waals surface area contributed by atoms with Crippen molar-refractivity contribution in [3.8, 4) is 0 Å². The lowest BCUT2D eigenvalue weighted by molar-refractivity contribution is -0.121. The zero-order chi connectivity index (χ0) is 15.6. The van der Waals surface area contributed by atoms with E-state index in [0.717, 1.165) is 0 Å². The summed E-state index contributed by atoms with van der Waals surface area (Å²) in [5.41, 5.74) is 1.19. The minimum atomic E-state index is -0.604. The van der Waals surface area contributed by atoms with Gasteiger partial charge in [-0.1, -0.05) is 33.5 Å². The molecule has 0 saturated heterocycles. The Morgan fingerprint density at radius 1 is 1.43 bits per heavy atom. The van der Waals surface area contributed by atoms with Crippen molar-refractivity contribution in [1.29, 1.82) is 0 Å². The van der Waals surface area contributed by atoms with E-state index in [0.29, 0.717) is 16.4 Å². The number of aromatic nitrogens is 2. The monoisotopic (exact) mass is 331 g/mol. The fourth-order valence-corrected chi connectivity index (χ4v) is 2.33. The number of amides is 1. The van der Waals surface area contributed by atoms with Crippen LogP contribution in [0.3, 0.4) is 0 Å². The normalized spacial score (nSPS) is 12.2. The van der Waals surface area contributed by atoms with E-state index < -0.39 is 11.9 Å². The smallest absolute Gasteiger partial charge is 0.226 e. The number of hydrogen-bond acceptors (Lipinski definition) is 4. The fraction of sp³-hybridized carbons (Fsp3) is 0.308. The number of nitrogens with zero attached hydrogens (tertiary/aromatic N) is 2. The molecule has 112 valence electrons.